The van der Waals surface area contributed by atoms with E-state index in [-0.39, 0.29) is 24.3 Å². The molecule has 3 aromatic carbocycles. The molecule has 1 saturated carbocycles. The van der Waals surface area contributed by atoms with Gasteiger partial charge in [0.1, 0.15) is 0 Å². The van der Waals surface area contributed by atoms with Gasteiger partial charge in [-0.05, 0) is 23.3 Å². The minimum absolute atomic E-state index is 0.0650. The molecular weight excluding hydrogens is 661 g/mol. The van der Waals surface area contributed by atoms with Crippen molar-refractivity contribution in [2.45, 2.75) is 41.0 Å². The Balaban J connectivity index is 2.35. The van der Waals surface area contributed by atoms with Gasteiger partial charge in [0.25, 0.3) is 5.67 Å². The van der Waals surface area contributed by atoms with Crippen molar-refractivity contribution in [3.63, 3.8) is 0 Å². The van der Waals surface area contributed by atoms with Crippen LogP contribution in [-0.4, -0.2) is 29.6 Å². The third-order valence-electron chi connectivity index (χ3n) is 7.04. The molecule has 1 fully saturated rings. The van der Waals surface area contributed by atoms with Crippen LogP contribution in [0.15, 0.2) is 42.5 Å². The number of rotatable bonds is 3. The molecule has 0 nitrogen and oxygen atoms in total. The van der Waals surface area contributed by atoms with Gasteiger partial charge in [0, 0.05) is 11.6 Å². The van der Waals surface area contributed by atoms with Crippen LogP contribution in [0, 0.1) is 40.7 Å². The molecule has 1 aliphatic carbocycles. The zero-order valence-corrected chi connectivity index (χ0v) is 20.2. The van der Waals surface area contributed by atoms with Gasteiger partial charge in [-0.3, -0.25) is 0 Å². The lowest BCUT2D eigenvalue weighted by Crippen LogP contribution is -2.86. The Morgan fingerprint density at radius 3 is 1.36 bits per heavy atom. The predicted molar refractivity (Wildman–Crippen MR) is 108 cm³/mol. The molecule has 44 heavy (non-hydrogen) atoms. The first-order valence-corrected chi connectivity index (χ1v) is 11.2. The number of benzene rings is 3. The Bertz CT molecular complexity index is 1610. The highest BCUT2D eigenvalue weighted by molar-refractivity contribution is 5.70. The van der Waals surface area contributed by atoms with Gasteiger partial charge in [-0.15, -0.1) is 0 Å². The van der Waals surface area contributed by atoms with Crippen LogP contribution < -0.4 is 0 Å². The fourth-order valence-electron chi connectivity index (χ4n) is 4.96. The van der Waals surface area contributed by atoms with Crippen LogP contribution >= 0.6 is 0 Å². The van der Waals surface area contributed by atoms with E-state index >= 15 is 30.7 Å². The summed E-state index contributed by atoms with van der Waals surface area (Å²) < 4.78 is 281. The summed E-state index contributed by atoms with van der Waals surface area (Å²) in [5.41, 5.74) is -33.3. The normalized spacial score (nSPS) is 27.8. The first kappa shape index (κ1) is 33.2. The standard InChI is InChI=1S/C25H7F19/c26-11-5-8(6-12(27)16(11)30)9-3-1-2-4-10(9)19(33)20(34,15-17(31)13(28)7-14(29)18(15)32)22(36,37)21(35,25(42,43)44)24(40,41)23(19,38)39/h1-7H. The van der Waals surface area contributed by atoms with Gasteiger partial charge < -0.3 is 0 Å². The molecule has 0 bridgehead atoms. The van der Waals surface area contributed by atoms with Crippen LogP contribution in [0.4, 0.5) is 83.4 Å². The molecule has 0 radical (unpaired) electrons. The van der Waals surface area contributed by atoms with Crippen molar-refractivity contribution in [2.24, 2.45) is 0 Å². The summed E-state index contributed by atoms with van der Waals surface area (Å²) in [7, 11) is 0. The number of hydrogen-bond acceptors (Lipinski definition) is 0. The third kappa shape index (κ3) is 3.57. The molecule has 3 unspecified atom stereocenters. The Labute approximate surface area is 230 Å². The zero-order valence-electron chi connectivity index (χ0n) is 20.2. The molecule has 4 rings (SSSR count). The average Bonchev–Trinajstić information content (AvgIpc) is 2.91. The highest BCUT2D eigenvalue weighted by atomic mass is 19.4. The predicted octanol–water partition coefficient (Wildman–Crippen LogP) is 9.55. The molecule has 0 spiro atoms. The maximum atomic E-state index is 16.9. The van der Waals surface area contributed by atoms with E-state index in [0.717, 1.165) is 0 Å². The lowest BCUT2D eigenvalue weighted by atomic mass is 9.56. The second-order valence-electron chi connectivity index (χ2n) is 9.34. The third-order valence-corrected chi connectivity index (χ3v) is 7.04. The summed E-state index contributed by atoms with van der Waals surface area (Å²) in [6, 6.07) is -1.29. The fraction of sp³-hybridized carbons (Fsp3) is 0.280. The van der Waals surface area contributed by atoms with Crippen LogP contribution in [-0.2, 0) is 11.3 Å². The monoisotopic (exact) mass is 668 g/mol. The minimum atomic E-state index is -8.30. The van der Waals surface area contributed by atoms with Gasteiger partial charge in [0.05, 0.1) is 5.56 Å². The van der Waals surface area contributed by atoms with Crippen LogP contribution in [0.5, 0.6) is 0 Å². The Kier molecular flexibility index (Phi) is 7.11. The minimum Gasteiger partial charge on any atom is -0.227 e. The first-order valence-electron chi connectivity index (χ1n) is 11.2. The Hall–Kier alpha value is -3.67. The SMILES string of the molecule is Fc1cc(-c2ccccc2C2(F)C(F)(F)C(F)(F)C(F)(C(F)(F)F)C(F)(F)C2(F)c2c(F)c(F)cc(F)c2F)cc(F)c1F. The van der Waals surface area contributed by atoms with E-state index in [9.17, 15) is 52.7 Å². The van der Waals surface area contributed by atoms with Crippen LogP contribution in [0.1, 0.15) is 11.1 Å². The van der Waals surface area contributed by atoms with E-state index in [4.69, 9.17) is 0 Å². The lowest BCUT2D eigenvalue weighted by Gasteiger charge is -2.58. The van der Waals surface area contributed by atoms with E-state index in [1.54, 1.807) is 0 Å². The van der Waals surface area contributed by atoms with Gasteiger partial charge in [0.15, 0.2) is 40.7 Å². The van der Waals surface area contributed by atoms with Crippen molar-refractivity contribution in [2.75, 3.05) is 0 Å². The van der Waals surface area contributed by atoms with Crippen molar-refractivity contribution in [3.05, 3.63) is 94.3 Å². The second kappa shape index (κ2) is 9.42. The van der Waals surface area contributed by atoms with Crippen LogP contribution in [0.3, 0.4) is 0 Å². The van der Waals surface area contributed by atoms with Crippen molar-refractivity contribution < 1.29 is 83.4 Å². The van der Waals surface area contributed by atoms with Gasteiger partial charge >= 0.3 is 29.6 Å². The molecule has 19 heteroatoms. The number of halogens is 19. The highest BCUT2D eigenvalue weighted by Crippen LogP contribution is 2.77. The molecule has 0 heterocycles. The number of alkyl halides is 12. The lowest BCUT2D eigenvalue weighted by molar-refractivity contribution is -0.487. The van der Waals surface area contributed by atoms with Crippen molar-refractivity contribution in [1.29, 1.82) is 0 Å². The fourth-order valence-corrected chi connectivity index (χ4v) is 4.96. The largest absolute Gasteiger partial charge is 0.435 e. The molecule has 0 saturated heterocycles. The number of hydrogen-bond donors (Lipinski definition) is 0. The molecule has 3 atom stereocenters. The van der Waals surface area contributed by atoms with E-state index in [1.165, 1.54) is 0 Å². The molecule has 240 valence electrons. The van der Waals surface area contributed by atoms with Crippen molar-refractivity contribution in [3.8, 4) is 11.1 Å². The van der Waals surface area contributed by atoms with E-state index in [1.807, 2.05) is 0 Å². The molecule has 1 aliphatic rings. The van der Waals surface area contributed by atoms with Crippen LogP contribution in [0.2, 0.25) is 0 Å². The molecule has 0 N–H and O–H groups in total. The maximum Gasteiger partial charge on any atom is 0.435 e. The summed E-state index contributed by atoms with van der Waals surface area (Å²) in [5.74, 6) is -44.8. The van der Waals surface area contributed by atoms with Crippen molar-refractivity contribution in [1.82, 2.24) is 0 Å². The smallest absolute Gasteiger partial charge is 0.227 e. The summed E-state index contributed by atoms with van der Waals surface area (Å²) in [4.78, 5) is 0. The molecule has 0 aromatic heterocycles. The van der Waals surface area contributed by atoms with E-state index in [2.05, 4.69) is 0 Å². The van der Waals surface area contributed by atoms with E-state index < -0.39 is 116 Å². The quantitative estimate of drug-likeness (QED) is 0.148. The molecule has 0 amide bonds. The summed E-state index contributed by atoms with van der Waals surface area (Å²) >= 11 is 0. The second-order valence-corrected chi connectivity index (χ2v) is 9.34. The summed E-state index contributed by atoms with van der Waals surface area (Å²) in [6.07, 6.45) is -8.07. The summed E-state index contributed by atoms with van der Waals surface area (Å²) in [5, 5.41) is 0. The van der Waals surface area contributed by atoms with Crippen molar-refractivity contribution >= 4 is 0 Å². The van der Waals surface area contributed by atoms with Gasteiger partial charge in [-0.1, -0.05) is 24.3 Å². The Morgan fingerprint density at radius 2 is 0.909 bits per heavy atom. The van der Waals surface area contributed by atoms with Gasteiger partial charge in [0.2, 0.25) is 5.67 Å². The summed E-state index contributed by atoms with van der Waals surface area (Å²) in [6.45, 7) is 0. The molecule has 0 aliphatic heterocycles. The molecular formula is C25H7F19. The first-order chi connectivity index (χ1) is 19.8. The Morgan fingerprint density at radius 1 is 0.477 bits per heavy atom. The zero-order chi connectivity index (χ0) is 33.8. The van der Waals surface area contributed by atoms with Gasteiger partial charge in [-0.2, -0.15) is 39.5 Å². The molecule has 3 aromatic rings. The van der Waals surface area contributed by atoms with Crippen LogP contribution in [0.25, 0.3) is 11.1 Å². The highest BCUT2D eigenvalue weighted by Gasteiger charge is 3.04. The average molecular weight is 668 g/mol. The maximum absolute atomic E-state index is 16.9. The van der Waals surface area contributed by atoms with E-state index in [0.29, 0.717) is 6.07 Å². The topological polar surface area (TPSA) is 0 Å². The van der Waals surface area contributed by atoms with Gasteiger partial charge in [-0.25, -0.2) is 43.9 Å².